The van der Waals surface area contributed by atoms with Gasteiger partial charge in [0.2, 0.25) is 0 Å². The SMILES string of the molecule is CCCOc1ccc(C2C3=C(CC(C)(C)CC3=O)NC3=C2C(=O)CC(C)(C)C3)cc1Br. The first-order chi connectivity index (χ1) is 14.5. The van der Waals surface area contributed by atoms with Crippen LogP contribution in [0.25, 0.3) is 0 Å². The fourth-order valence-corrected chi connectivity index (χ4v) is 5.76. The number of ketones is 2. The minimum absolute atomic E-state index is 0.0852. The molecule has 3 aliphatic rings. The molecule has 0 atom stereocenters. The van der Waals surface area contributed by atoms with Crippen LogP contribution in [0.1, 0.15) is 78.2 Å². The van der Waals surface area contributed by atoms with Crippen LogP contribution in [0.3, 0.4) is 0 Å². The van der Waals surface area contributed by atoms with Crippen molar-refractivity contribution in [3.8, 4) is 5.75 Å². The number of ether oxygens (including phenoxy) is 1. The van der Waals surface area contributed by atoms with Crippen molar-refractivity contribution < 1.29 is 14.3 Å². The number of carbonyl (C=O) groups is 2. The fourth-order valence-electron chi connectivity index (χ4n) is 5.25. The molecule has 0 saturated heterocycles. The van der Waals surface area contributed by atoms with Crippen LogP contribution in [0.15, 0.2) is 45.2 Å². The Labute approximate surface area is 193 Å². The summed E-state index contributed by atoms with van der Waals surface area (Å²) in [5, 5.41) is 3.56. The van der Waals surface area contributed by atoms with Gasteiger partial charge in [0.15, 0.2) is 11.6 Å². The third-order valence-corrected chi connectivity index (χ3v) is 7.09. The van der Waals surface area contributed by atoms with E-state index in [0.717, 1.165) is 57.6 Å². The van der Waals surface area contributed by atoms with Crippen LogP contribution in [0.4, 0.5) is 0 Å². The van der Waals surface area contributed by atoms with E-state index in [1.54, 1.807) is 0 Å². The zero-order valence-electron chi connectivity index (χ0n) is 19.2. The zero-order chi connectivity index (χ0) is 22.6. The molecule has 4 rings (SSSR count). The predicted molar refractivity (Wildman–Crippen MR) is 126 cm³/mol. The number of hydrogen-bond acceptors (Lipinski definition) is 4. The summed E-state index contributed by atoms with van der Waals surface area (Å²) in [6.45, 7) is 11.3. The van der Waals surface area contributed by atoms with Crippen LogP contribution in [0.5, 0.6) is 5.75 Å². The van der Waals surface area contributed by atoms with Crippen molar-refractivity contribution in [3.05, 3.63) is 50.8 Å². The Hall–Kier alpha value is -1.88. The largest absolute Gasteiger partial charge is 0.492 e. The Morgan fingerprint density at radius 1 is 0.968 bits per heavy atom. The van der Waals surface area contributed by atoms with E-state index in [1.165, 1.54) is 0 Å². The van der Waals surface area contributed by atoms with Gasteiger partial charge in [-0.05, 0) is 63.7 Å². The second kappa shape index (κ2) is 7.91. The van der Waals surface area contributed by atoms with Crippen molar-refractivity contribution in [1.82, 2.24) is 5.32 Å². The van der Waals surface area contributed by atoms with E-state index in [9.17, 15) is 9.59 Å². The van der Waals surface area contributed by atoms with E-state index in [2.05, 4.69) is 55.9 Å². The molecule has 0 saturated carbocycles. The van der Waals surface area contributed by atoms with Crippen molar-refractivity contribution >= 4 is 27.5 Å². The first-order valence-electron chi connectivity index (χ1n) is 11.2. The molecule has 0 amide bonds. The molecule has 1 heterocycles. The molecule has 5 heteroatoms. The van der Waals surface area contributed by atoms with Crippen LogP contribution in [0.2, 0.25) is 0 Å². The molecule has 1 N–H and O–H groups in total. The lowest BCUT2D eigenvalue weighted by Gasteiger charge is -2.44. The molecular weight excluding hydrogens is 454 g/mol. The summed E-state index contributed by atoms with van der Waals surface area (Å²) in [7, 11) is 0. The average Bonchev–Trinajstić information content (AvgIpc) is 2.63. The van der Waals surface area contributed by atoms with E-state index in [-0.39, 0.29) is 28.3 Å². The van der Waals surface area contributed by atoms with Gasteiger partial charge >= 0.3 is 0 Å². The first kappa shape index (κ1) is 22.3. The van der Waals surface area contributed by atoms with Crippen LogP contribution >= 0.6 is 15.9 Å². The molecule has 1 aromatic carbocycles. The molecule has 0 aromatic heterocycles. The molecule has 0 unspecified atom stereocenters. The topological polar surface area (TPSA) is 55.4 Å². The van der Waals surface area contributed by atoms with Crippen molar-refractivity contribution in [1.29, 1.82) is 0 Å². The molecule has 31 heavy (non-hydrogen) atoms. The number of hydrogen-bond donors (Lipinski definition) is 1. The molecule has 0 radical (unpaired) electrons. The Morgan fingerprint density at radius 2 is 1.52 bits per heavy atom. The summed E-state index contributed by atoms with van der Waals surface area (Å²) in [5.41, 5.74) is 4.35. The molecular formula is C26H32BrNO3. The normalized spacial score (nSPS) is 22.8. The van der Waals surface area contributed by atoms with Gasteiger partial charge in [-0.25, -0.2) is 0 Å². The number of dihydropyridines is 1. The molecule has 0 fully saturated rings. The summed E-state index contributed by atoms with van der Waals surface area (Å²) in [6, 6.07) is 5.99. The smallest absolute Gasteiger partial charge is 0.162 e. The molecule has 4 nitrogen and oxygen atoms in total. The van der Waals surface area contributed by atoms with Gasteiger partial charge in [-0.2, -0.15) is 0 Å². The molecule has 0 spiro atoms. The lowest BCUT2D eigenvalue weighted by atomic mass is 9.64. The van der Waals surface area contributed by atoms with E-state index >= 15 is 0 Å². The lowest BCUT2D eigenvalue weighted by molar-refractivity contribution is -0.119. The second-order valence-electron chi connectivity index (χ2n) is 10.8. The fraction of sp³-hybridized carbons (Fsp3) is 0.538. The number of halogens is 1. The van der Waals surface area contributed by atoms with E-state index in [0.29, 0.717) is 19.4 Å². The van der Waals surface area contributed by atoms with Crippen LogP contribution < -0.4 is 10.1 Å². The molecule has 1 aliphatic heterocycles. The van der Waals surface area contributed by atoms with E-state index < -0.39 is 0 Å². The molecule has 166 valence electrons. The minimum Gasteiger partial charge on any atom is -0.492 e. The highest BCUT2D eigenvalue weighted by Crippen LogP contribution is 2.51. The van der Waals surface area contributed by atoms with Crippen molar-refractivity contribution in [2.75, 3.05) is 6.61 Å². The van der Waals surface area contributed by atoms with E-state index in [1.807, 2.05) is 18.2 Å². The Balaban J connectivity index is 1.85. The van der Waals surface area contributed by atoms with Gasteiger partial charge in [0.25, 0.3) is 0 Å². The maximum atomic E-state index is 13.4. The van der Waals surface area contributed by atoms with E-state index in [4.69, 9.17) is 4.74 Å². The second-order valence-corrected chi connectivity index (χ2v) is 11.6. The van der Waals surface area contributed by atoms with Gasteiger partial charge in [0, 0.05) is 41.3 Å². The third-order valence-electron chi connectivity index (χ3n) is 6.47. The number of carbonyl (C=O) groups excluding carboxylic acids is 2. The summed E-state index contributed by atoms with van der Waals surface area (Å²) in [6.07, 6.45) is 3.57. The number of benzene rings is 1. The van der Waals surface area contributed by atoms with Crippen molar-refractivity contribution in [3.63, 3.8) is 0 Å². The molecule has 1 aromatic rings. The number of nitrogens with one attached hydrogen (secondary N) is 1. The number of allylic oxidation sites excluding steroid dienone is 4. The number of Topliss-reactive ketones (excluding diaryl/α,β-unsaturated/α-hetero) is 2. The van der Waals surface area contributed by atoms with Gasteiger partial charge in [0.05, 0.1) is 11.1 Å². The highest BCUT2D eigenvalue weighted by Gasteiger charge is 2.46. The Morgan fingerprint density at radius 3 is 2.00 bits per heavy atom. The average molecular weight is 486 g/mol. The van der Waals surface area contributed by atoms with Gasteiger partial charge in [-0.3, -0.25) is 9.59 Å². The zero-order valence-corrected chi connectivity index (χ0v) is 20.7. The monoisotopic (exact) mass is 485 g/mol. The molecule has 2 aliphatic carbocycles. The van der Waals surface area contributed by atoms with Crippen molar-refractivity contribution in [2.45, 2.75) is 72.6 Å². The maximum Gasteiger partial charge on any atom is 0.162 e. The van der Waals surface area contributed by atoms with Crippen LogP contribution in [0, 0.1) is 10.8 Å². The van der Waals surface area contributed by atoms with Gasteiger partial charge in [-0.1, -0.05) is 40.7 Å². The summed E-state index contributed by atoms with van der Waals surface area (Å²) in [4.78, 5) is 26.7. The van der Waals surface area contributed by atoms with Crippen LogP contribution in [-0.4, -0.2) is 18.2 Å². The highest BCUT2D eigenvalue weighted by atomic mass is 79.9. The summed E-state index contributed by atoms with van der Waals surface area (Å²) < 4.78 is 6.68. The lowest BCUT2D eigenvalue weighted by Crippen LogP contribution is -2.42. The van der Waals surface area contributed by atoms with Crippen molar-refractivity contribution in [2.24, 2.45) is 10.8 Å². The van der Waals surface area contributed by atoms with Gasteiger partial charge in [-0.15, -0.1) is 0 Å². The third kappa shape index (κ3) is 4.26. The van der Waals surface area contributed by atoms with Gasteiger partial charge in [0.1, 0.15) is 5.75 Å². The standard InChI is InChI=1S/C26H32BrNO3/c1-6-9-31-21-8-7-15(10-16(21)27)22-23-17(11-25(2,3)13-19(23)29)28-18-12-26(4,5)14-20(30)24(18)22/h7-8,10,22,28H,6,9,11-14H2,1-5H3. The predicted octanol–water partition coefficient (Wildman–Crippen LogP) is 6.21. The number of rotatable bonds is 4. The maximum absolute atomic E-state index is 13.4. The van der Waals surface area contributed by atoms with Crippen LogP contribution in [-0.2, 0) is 9.59 Å². The first-order valence-corrected chi connectivity index (χ1v) is 12.0. The molecule has 0 bridgehead atoms. The summed E-state index contributed by atoms with van der Waals surface area (Å²) >= 11 is 3.64. The minimum atomic E-state index is -0.310. The Bertz CT molecular complexity index is 963. The quantitative estimate of drug-likeness (QED) is 0.550. The Kier molecular flexibility index (Phi) is 5.70. The van der Waals surface area contributed by atoms with Gasteiger partial charge < -0.3 is 10.1 Å². The highest BCUT2D eigenvalue weighted by molar-refractivity contribution is 9.10. The summed E-state index contributed by atoms with van der Waals surface area (Å²) in [5.74, 6) is 0.774.